The molecule has 0 aliphatic heterocycles. The van der Waals surface area contributed by atoms with Crippen molar-refractivity contribution in [1.82, 2.24) is 0 Å². The van der Waals surface area contributed by atoms with Gasteiger partial charge in [-0.25, -0.2) is 4.79 Å². The molecule has 1 aromatic heterocycles. The van der Waals surface area contributed by atoms with Crippen LogP contribution in [0.25, 0.3) is 0 Å². The number of hydrogen-bond donors (Lipinski definition) is 1. The Hall–Kier alpha value is -2.18. The molecule has 6 heteroatoms. The lowest BCUT2D eigenvalue weighted by Crippen LogP contribution is -2.20. The third-order valence-corrected chi connectivity index (χ3v) is 4.18. The van der Waals surface area contributed by atoms with Gasteiger partial charge in [0, 0.05) is 4.88 Å². The SMILES string of the molecule is CCOC(=O)c1cc(C)sc1NC(=O)COCCc1ccccc1. The summed E-state index contributed by atoms with van der Waals surface area (Å²) in [5.74, 6) is -0.711. The van der Waals surface area contributed by atoms with E-state index in [4.69, 9.17) is 9.47 Å². The lowest BCUT2D eigenvalue weighted by molar-refractivity contribution is -0.120. The minimum absolute atomic E-state index is 0.0496. The van der Waals surface area contributed by atoms with Crippen molar-refractivity contribution in [2.45, 2.75) is 20.3 Å². The molecule has 1 N–H and O–H groups in total. The van der Waals surface area contributed by atoms with Gasteiger partial charge < -0.3 is 14.8 Å². The van der Waals surface area contributed by atoms with Gasteiger partial charge in [0.2, 0.25) is 0 Å². The van der Waals surface area contributed by atoms with Crippen LogP contribution >= 0.6 is 11.3 Å². The molecule has 0 bridgehead atoms. The third-order valence-electron chi connectivity index (χ3n) is 3.21. The highest BCUT2D eigenvalue weighted by Crippen LogP contribution is 2.28. The van der Waals surface area contributed by atoms with Crippen LogP contribution in [-0.2, 0) is 20.7 Å². The van der Waals surface area contributed by atoms with Crippen LogP contribution in [-0.4, -0.2) is 31.7 Å². The van der Waals surface area contributed by atoms with Gasteiger partial charge in [-0.3, -0.25) is 4.79 Å². The number of benzene rings is 1. The smallest absolute Gasteiger partial charge is 0.341 e. The zero-order chi connectivity index (χ0) is 17.4. The summed E-state index contributed by atoms with van der Waals surface area (Å²) < 4.78 is 10.4. The molecule has 1 heterocycles. The monoisotopic (exact) mass is 347 g/mol. The van der Waals surface area contributed by atoms with Gasteiger partial charge in [0.05, 0.1) is 18.8 Å². The van der Waals surface area contributed by atoms with Crippen molar-refractivity contribution in [2.24, 2.45) is 0 Å². The number of anilines is 1. The van der Waals surface area contributed by atoms with E-state index in [1.54, 1.807) is 13.0 Å². The summed E-state index contributed by atoms with van der Waals surface area (Å²) in [6, 6.07) is 11.7. The first-order chi connectivity index (χ1) is 11.6. The first-order valence-electron chi connectivity index (χ1n) is 7.79. The number of thiophene rings is 1. The highest BCUT2D eigenvalue weighted by atomic mass is 32.1. The van der Waals surface area contributed by atoms with Gasteiger partial charge in [-0.1, -0.05) is 30.3 Å². The van der Waals surface area contributed by atoms with Gasteiger partial charge in [-0.05, 0) is 31.9 Å². The topological polar surface area (TPSA) is 64.6 Å². The molecule has 24 heavy (non-hydrogen) atoms. The number of ether oxygens (including phenoxy) is 2. The van der Waals surface area contributed by atoms with Crippen molar-refractivity contribution in [3.05, 3.63) is 52.4 Å². The fourth-order valence-corrected chi connectivity index (χ4v) is 3.05. The maximum absolute atomic E-state index is 12.0. The highest BCUT2D eigenvalue weighted by molar-refractivity contribution is 7.16. The zero-order valence-corrected chi connectivity index (χ0v) is 14.7. The average Bonchev–Trinajstić information content (AvgIpc) is 2.93. The molecule has 2 aromatic rings. The lowest BCUT2D eigenvalue weighted by atomic mass is 10.2. The number of amides is 1. The van der Waals surface area contributed by atoms with Gasteiger partial charge >= 0.3 is 5.97 Å². The predicted molar refractivity (Wildman–Crippen MR) is 94.6 cm³/mol. The van der Waals surface area contributed by atoms with Crippen molar-refractivity contribution in [2.75, 3.05) is 25.1 Å². The molecule has 0 atom stereocenters. The Morgan fingerprint density at radius 1 is 1.21 bits per heavy atom. The minimum atomic E-state index is -0.429. The summed E-state index contributed by atoms with van der Waals surface area (Å²) in [4.78, 5) is 24.8. The van der Waals surface area contributed by atoms with Gasteiger partial charge in [0.15, 0.2) is 0 Å². The molecular formula is C18H21NO4S. The lowest BCUT2D eigenvalue weighted by Gasteiger charge is -2.07. The Balaban J connectivity index is 1.81. The summed E-state index contributed by atoms with van der Waals surface area (Å²) >= 11 is 1.34. The van der Waals surface area contributed by atoms with E-state index in [9.17, 15) is 9.59 Å². The minimum Gasteiger partial charge on any atom is -0.462 e. The Kier molecular flexibility index (Phi) is 6.96. The molecule has 0 spiro atoms. The number of esters is 1. The Morgan fingerprint density at radius 2 is 1.96 bits per heavy atom. The maximum atomic E-state index is 12.0. The van der Waals surface area contributed by atoms with E-state index < -0.39 is 5.97 Å². The second kappa shape index (κ2) is 9.20. The molecule has 0 radical (unpaired) electrons. The van der Waals surface area contributed by atoms with Gasteiger partial charge in [0.25, 0.3) is 5.91 Å². The van der Waals surface area contributed by atoms with Gasteiger partial charge in [-0.15, -0.1) is 11.3 Å². The average molecular weight is 347 g/mol. The van der Waals surface area contributed by atoms with Gasteiger partial charge in [-0.2, -0.15) is 0 Å². The summed E-state index contributed by atoms with van der Waals surface area (Å²) in [6.45, 7) is 4.33. The van der Waals surface area contributed by atoms with Crippen LogP contribution in [0.4, 0.5) is 5.00 Å². The molecule has 0 aliphatic carbocycles. The van der Waals surface area contributed by atoms with E-state index in [-0.39, 0.29) is 12.5 Å². The number of carbonyl (C=O) groups is 2. The zero-order valence-electron chi connectivity index (χ0n) is 13.8. The maximum Gasteiger partial charge on any atom is 0.341 e. The summed E-state index contributed by atoms with van der Waals surface area (Å²) in [5.41, 5.74) is 1.55. The Morgan fingerprint density at radius 3 is 2.67 bits per heavy atom. The second-order valence-corrected chi connectivity index (χ2v) is 6.41. The van der Waals surface area contributed by atoms with Crippen LogP contribution in [0.15, 0.2) is 36.4 Å². The molecule has 1 amide bonds. The predicted octanol–water partition coefficient (Wildman–Crippen LogP) is 3.43. The van der Waals surface area contributed by atoms with Crippen molar-refractivity contribution >= 4 is 28.2 Å². The van der Waals surface area contributed by atoms with Crippen LogP contribution in [0, 0.1) is 6.92 Å². The Labute approximate surface area is 145 Å². The highest BCUT2D eigenvalue weighted by Gasteiger charge is 2.17. The van der Waals surface area contributed by atoms with Crippen molar-refractivity contribution in [1.29, 1.82) is 0 Å². The quantitative estimate of drug-likeness (QED) is 0.587. The number of rotatable bonds is 8. The molecule has 0 saturated heterocycles. The van der Waals surface area contributed by atoms with Crippen LogP contribution in [0.5, 0.6) is 0 Å². The van der Waals surface area contributed by atoms with E-state index in [2.05, 4.69) is 5.32 Å². The van der Waals surface area contributed by atoms with E-state index in [1.165, 1.54) is 11.3 Å². The van der Waals surface area contributed by atoms with Crippen LogP contribution in [0.2, 0.25) is 0 Å². The van der Waals surface area contributed by atoms with Crippen LogP contribution in [0.1, 0.15) is 27.7 Å². The molecule has 0 fully saturated rings. The van der Waals surface area contributed by atoms with E-state index >= 15 is 0 Å². The standard InChI is InChI=1S/C18H21NO4S/c1-3-23-18(21)15-11-13(2)24-17(15)19-16(20)12-22-10-9-14-7-5-4-6-8-14/h4-8,11H,3,9-10,12H2,1-2H3,(H,19,20). The number of carbonyl (C=O) groups excluding carboxylic acids is 2. The molecule has 5 nitrogen and oxygen atoms in total. The fraction of sp³-hybridized carbons (Fsp3) is 0.333. The second-order valence-electron chi connectivity index (χ2n) is 5.16. The van der Waals surface area contributed by atoms with Crippen molar-refractivity contribution < 1.29 is 19.1 Å². The fourth-order valence-electron chi connectivity index (χ4n) is 2.13. The molecule has 1 aromatic carbocycles. The van der Waals surface area contributed by atoms with E-state index in [0.29, 0.717) is 23.8 Å². The molecule has 2 rings (SSSR count). The third kappa shape index (κ3) is 5.47. The largest absolute Gasteiger partial charge is 0.462 e. The Bertz CT molecular complexity index is 682. The first-order valence-corrected chi connectivity index (χ1v) is 8.61. The molecule has 0 unspecified atom stereocenters. The summed E-state index contributed by atoms with van der Waals surface area (Å²) in [6.07, 6.45) is 0.750. The summed E-state index contributed by atoms with van der Waals surface area (Å²) in [5, 5.41) is 3.23. The molecular weight excluding hydrogens is 326 g/mol. The van der Waals surface area contributed by atoms with Crippen molar-refractivity contribution in [3.63, 3.8) is 0 Å². The summed E-state index contributed by atoms with van der Waals surface area (Å²) in [7, 11) is 0. The number of hydrogen-bond acceptors (Lipinski definition) is 5. The van der Waals surface area contributed by atoms with Crippen LogP contribution < -0.4 is 5.32 Å². The van der Waals surface area contributed by atoms with Crippen LogP contribution in [0.3, 0.4) is 0 Å². The van der Waals surface area contributed by atoms with Crippen molar-refractivity contribution in [3.8, 4) is 0 Å². The van der Waals surface area contributed by atoms with E-state index in [1.807, 2.05) is 37.3 Å². The first kappa shape index (κ1) is 18.2. The molecule has 128 valence electrons. The molecule has 0 saturated carbocycles. The van der Waals surface area contributed by atoms with Gasteiger partial charge in [0.1, 0.15) is 11.6 Å². The normalized spacial score (nSPS) is 10.4. The number of nitrogens with one attached hydrogen (secondary N) is 1. The number of aryl methyl sites for hydroxylation is 1. The molecule has 0 aliphatic rings. The van der Waals surface area contributed by atoms with E-state index in [0.717, 1.165) is 16.9 Å².